The van der Waals surface area contributed by atoms with Crippen molar-refractivity contribution in [1.29, 1.82) is 5.26 Å². The zero-order valence-electron chi connectivity index (χ0n) is 11.2. The van der Waals surface area contributed by atoms with E-state index in [4.69, 9.17) is 10.00 Å². The Morgan fingerprint density at radius 3 is 2.84 bits per heavy atom. The van der Waals surface area contributed by atoms with Gasteiger partial charge in [-0.3, -0.25) is 4.79 Å². The molecule has 0 amide bonds. The molecule has 100 valence electrons. The standard InChI is InChI=1S/C15H17NO2S/c1-11-3-4-12(9-16)13(7-11)19-10-15(5-6-15)8-14(17)18-2/h3-4,7H,5-6,8,10H2,1-2H3. The third-order valence-corrected chi connectivity index (χ3v) is 4.90. The quantitative estimate of drug-likeness (QED) is 0.611. The van der Waals surface area contributed by atoms with Crippen LogP contribution in [0.15, 0.2) is 23.1 Å². The number of nitrogens with zero attached hydrogens (tertiary/aromatic N) is 1. The van der Waals surface area contributed by atoms with Gasteiger partial charge < -0.3 is 4.74 Å². The summed E-state index contributed by atoms with van der Waals surface area (Å²) in [5.74, 6) is 0.739. The first-order valence-corrected chi connectivity index (χ1v) is 7.27. The number of carbonyl (C=O) groups excluding carboxylic acids is 1. The van der Waals surface area contributed by atoms with Crippen molar-refractivity contribution in [3.05, 3.63) is 29.3 Å². The molecule has 0 aromatic heterocycles. The Bertz CT molecular complexity index is 529. The molecule has 0 heterocycles. The molecule has 0 saturated heterocycles. The zero-order valence-corrected chi connectivity index (χ0v) is 12.0. The molecule has 0 bridgehead atoms. The van der Waals surface area contributed by atoms with E-state index >= 15 is 0 Å². The van der Waals surface area contributed by atoms with Gasteiger partial charge >= 0.3 is 5.97 Å². The summed E-state index contributed by atoms with van der Waals surface area (Å²) in [5.41, 5.74) is 1.96. The second kappa shape index (κ2) is 5.66. The van der Waals surface area contributed by atoms with E-state index in [1.54, 1.807) is 11.8 Å². The topological polar surface area (TPSA) is 50.1 Å². The molecular formula is C15H17NO2S. The van der Waals surface area contributed by atoms with Crippen molar-refractivity contribution in [2.24, 2.45) is 5.41 Å². The molecule has 1 saturated carbocycles. The van der Waals surface area contributed by atoms with Crippen LogP contribution in [0.25, 0.3) is 0 Å². The lowest BCUT2D eigenvalue weighted by molar-refractivity contribution is -0.141. The van der Waals surface area contributed by atoms with E-state index in [2.05, 4.69) is 6.07 Å². The fourth-order valence-electron chi connectivity index (χ4n) is 2.00. The summed E-state index contributed by atoms with van der Waals surface area (Å²) in [6, 6.07) is 8.07. The Hall–Kier alpha value is -1.47. The fraction of sp³-hybridized carbons (Fsp3) is 0.467. The second-order valence-electron chi connectivity index (χ2n) is 5.15. The molecule has 1 aromatic rings. The summed E-state index contributed by atoms with van der Waals surface area (Å²) >= 11 is 1.68. The molecule has 4 heteroatoms. The van der Waals surface area contributed by atoms with Gasteiger partial charge in [-0.2, -0.15) is 5.26 Å². The molecule has 0 aliphatic heterocycles. The van der Waals surface area contributed by atoms with Crippen LogP contribution in [-0.4, -0.2) is 18.8 Å². The van der Waals surface area contributed by atoms with Gasteiger partial charge in [0.25, 0.3) is 0 Å². The van der Waals surface area contributed by atoms with Gasteiger partial charge in [-0.25, -0.2) is 0 Å². The van der Waals surface area contributed by atoms with Crippen molar-refractivity contribution in [1.82, 2.24) is 0 Å². The molecule has 3 nitrogen and oxygen atoms in total. The number of benzene rings is 1. The molecule has 0 N–H and O–H groups in total. The molecule has 1 aliphatic rings. The van der Waals surface area contributed by atoms with E-state index < -0.39 is 0 Å². The van der Waals surface area contributed by atoms with Gasteiger partial charge in [0.2, 0.25) is 0 Å². The van der Waals surface area contributed by atoms with Crippen molar-refractivity contribution in [2.75, 3.05) is 12.9 Å². The average Bonchev–Trinajstić information content (AvgIpc) is 3.16. The van der Waals surface area contributed by atoms with Crippen molar-refractivity contribution in [3.63, 3.8) is 0 Å². The van der Waals surface area contributed by atoms with Gasteiger partial charge in [-0.1, -0.05) is 6.07 Å². The number of esters is 1. The maximum absolute atomic E-state index is 11.4. The minimum atomic E-state index is -0.136. The lowest BCUT2D eigenvalue weighted by atomic mass is 10.1. The predicted molar refractivity (Wildman–Crippen MR) is 74.9 cm³/mol. The van der Waals surface area contributed by atoms with E-state index in [9.17, 15) is 4.79 Å². The summed E-state index contributed by atoms with van der Waals surface area (Å²) in [5, 5.41) is 9.10. The minimum Gasteiger partial charge on any atom is -0.469 e. The van der Waals surface area contributed by atoms with E-state index in [0.29, 0.717) is 12.0 Å². The molecular weight excluding hydrogens is 258 g/mol. The Morgan fingerprint density at radius 2 is 2.26 bits per heavy atom. The first-order valence-electron chi connectivity index (χ1n) is 6.29. The molecule has 0 spiro atoms. The maximum atomic E-state index is 11.4. The molecule has 0 unspecified atom stereocenters. The zero-order chi connectivity index (χ0) is 13.9. The molecule has 0 atom stereocenters. The Balaban J connectivity index is 2.01. The third-order valence-electron chi connectivity index (χ3n) is 3.50. The Morgan fingerprint density at radius 1 is 1.53 bits per heavy atom. The Kier molecular flexibility index (Phi) is 4.16. The van der Waals surface area contributed by atoms with E-state index in [0.717, 1.165) is 29.1 Å². The second-order valence-corrected chi connectivity index (χ2v) is 6.17. The smallest absolute Gasteiger partial charge is 0.306 e. The van der Waals surface area contributed by atoms with Crippen molar-refractivity contribution < 1.29 is 9.53 Å². The average molecular weight is 275 g/mol. The van der Waals surface area contributed by atoms with Crippen LogP contribution < -0.4 is 0 Å². The van der Waals surface area contributed by atoms with Crippen LogP contribution in [0, 0.1) is 23.7 Å². The number of carbonyl (C=O) groups is 1. The fourth-order valence-corrected chi connectivity index (χ4v) is 3.39. The number of thioether (sulfide) groups is 1. The number of hydrogen-bond acceptors (Lipinski definition) is 4. The number of hydrogen-bond donors (Lipinski definition) is 0. The highest BCUT2D eigenvalue weighted by Gasteiger charge is 2.44. The lowest BCUT2D eigenvalue weighted by Gasteiger charge is -2.13. The summed E-state index contributed by atoms with van der Waals surface area (Å²) in [6.45, 7) is 2.02. The highest BCUT2D eigenvalue weighted by Crippen LogP contribution is 2.52. The summed E-state index contributed by atoms with van der Waals surface area (Å²) in [7, 11) is 1.43. The summed E-state index contributed by atoms with van der Waals surface area (Å²) < 4.78 is 4.74. The number of rotatable bonds is 5. The SMILES string of the molecule is COC(=O)CC1(CSc2cc(C)ccc2C#N)CC1. The van der Waals surface area contributed by atoms with Gasteiger partial charge in [0.05, 0.1) is 19.1 Å². The monoisotopic (exact) mass is 275 g/mol. The molecule has 1 aromatic carbocycles. The van der Waals surface area contributed by atoms with Crippen LogP contribution in [0.3, 0.4) is 0 Å². The van der Waals surface area contributed by atoms with Crippen molar-refractivity contribution in [2.45, 2.75) is 31.1 Å². The van der Waals surface area contributed by atoms with E-state index in [1.165, 1.54) is 7.11 Å². The Labute approximate surface area is 118 Å². The summed E-state index contributed by atoms with van der Waals surface area (Å²) in [4.78, 5) is 12.4. The van der Waals surface area contributed by atoms with Gasteiger partial charge in [0, 0.05) is 10.6 Å². The highest BCUT2D eigenvalue weighted by atomic mass is 32.2. The lowest BCUT2D eigenvalue weighted by Crippen LogP contribution is -2.13. The van der Waals surface area contributed by atoms with Crippen LogP contribution in [0.4, 0.5) is 0 Å². The molecule has 0 radical (unpaired) electrons. The minimum absolute atomic E-state index is 0.0915. The number of ether oxygens (including phenoxy) is 1. The van der Waals surface area contributed by atoms with Crippen LogP contribution in [0.1, 0.15) is 30.4 Å². The van der Waals surface area contributed by atoms with E-state index in [-0.39, 0.29) is 11.4 Å². The number of aryl methyl sites for hydroxylation is 1. The van der Waals surface area contributed by atoms with Crippen LogP contribution in [-0.2, 0) is 9.53 Å². The van der Waals surface area contributed by atoms with Crippen LogP contribution in [0.2, 0.25) is 0 Å². The van der Waals surface area contributed by atoms with Crippen LogP contribution in [0.5, 0.6) is 0 Å². The molecule has 2 rings (SSSR count). The third kappa shape index (κ3) is 3.51. The largest absolute Gasteiger partial charge is 0.469 e. The van der Waals surface area contributed by atoms with E-state index in [1.807, 2.05) is 25.1 Å². The molecule has 1 fully saturated rings. The first kappa shape index (κ1) is 14.0. The van der Waals surface area contributed by atoms with Gasteiger partial charge in [-0.05, 0) is 42.9 Å². The number of nitriles is 1. The van der Waals surface area contributed by atoms with Gasteiger partial charge in [-0.15, -0.1) is 11.8 Å². The normalized spacial score (nSPS) is 15.6. The molecule has 1 aliphatic carbocycles. The highest BCUT2D eigenvalue weighted by molar-refractivity contribution is 7.99. The van der Waals surface area contributed by atoms with Crippen molar-refractivity contribution >= 4 is 17.7 Å². The van der Waals surface area contributed by atoms with Crippen molar-refractivity contribution in [3.8, 4) is 6.07 Å². The maximum Gasteiger partial charge on any atom is 0.306 e. The van der Waals surface area contributed by atoms with Crippen LogP contribution >= 0.6 is 11.8 Å². The number of methoxy groups -OCH3 is 1. The first-order chi connectivity index (χ1) is 9.08. The summed E-state index contributed by atoms with van der Waals surface area (Å²) in [6.07, 6.45) is 2.63. The van der Waals surface area contributed by atoms with Gasteiger partial charge in [0.1, 0.15) is 6.07 Å². The predicted octanol–water partition coefficient (Wildman–Crippen LogP) is 3.30. The van der Waals surface area contributed by atoms with Gasteiger partial charge in [0.15, 0.2) is 0 Å². The molecule has 19 heavy (non-hydrogen) atoms.